The molecule has 1 fully saturated rings. The van der Waals surface area contributed by atoms with Gasteiger partial charge in [-0.3, -0.25) is 4.79 Å². The SMILES string of the molecule is COc1ccc(CC(=O)N[C@H]2CCC[C@H](C)[C@H]2C)cc1. The number of nitrogens with one attached hydrogen (secondary N) is 1. The minimum atomic E-state index is 0.126. The number of carbonyl (C=O) groups is 1. The minimum Gasteiger partial charge on any atom is -0.497 e. The van der Waals surface area contributed by atoms with Gasteiger partial charge in [-0.05, 0) is 36.0 Å². The Bertz CT molecular complexity index is 441. The maximum absolute atomic E-state index is 12.1. The number of hydrogen-bond acceptors (Lipinski definition) is 2. The van der Waals surface area contributed by atoms with Crippen molar-refractivity contribution in [1.82, 2.24) is 5.32 Å². The molecule has 0 spiro atoms. The summed E-state index contributed by atoms with van der Waals surface area (Å²) >= 11 is 0. The van der Waals surface area contributed by atoms with Gasteiger partial charge in [0.15, 0.2) is 0 Å². The third kappa shape index (κ3) is 3.75. The van der Waals surface area contributed by atoms with Crippen LogP contribution in [0.1, 0.15) is 38.7 Å². The zero-order valence-electron chi connectivity index (χ0n) is 12.7. The second-order valence-corrected chi connectivity index (χ2v) is 5.97. The van der Waals surface area contributed by atoms with E-state index in [2.05, 4.69) is 19.2 Å². The van der Waals surface area contributed by atoms with Crippen LogP contribution in [0.3, 0.4) is 0 Å². The summed E-state index contributed by atoms with van der Waals surface area (Å²) in [6, 6.07) is 8.03. The normalized spacial score (nSPS) is 26.1. The lowest BCUT2D eigenvalue weighted by molar-refractivity contribution is -0.121. The van der Waals surface area contributed by atoms with E-state index in [1.54, 1.807) is 7.11 Å². The Morgan fingerprint density at radius 2 is 1.95 bits per heavy atom. The van der Waals surface area contributed by atoms with Crippen molar-refractivity contribution in [2.45, 2.75) is 45.6 Å². The molecule has 110 valence electrons. The van der Waals surface area contributed by atoms with Gasteiger partial charge >= 0.3 is 0 Å². The first-order valence-corrected chi connectivity index (χ1v) is 7.52. The molecule has 0 radical (unpaired) electrons. The molecule has 1 N–H and O–H groups in total. The zero-order chi connectivity index (χ0) is 14.5. The van der Waals surface area contributed by atoms with Gasteiger partial charge in [0, 0.05) is 6.04 Å². The molecular weight excluding hydrogens is 250 g/mol. The first kappa shape index (κ1) is 14.9. The Kier molecular flexibility index (Phi) is 5.05. The van der Waals surface area contributed by atoms with E-state index in [-0.39, 0.29) is 5.91 Å². The largest absolute Gasteiger partial charge is 0.497 e. The highest BCUT2D eigenvalue weighted by atomic mass is 16.5. The molecule has 2 rings (SSSR count). The Balaban J connectivity index is 1.88. The Morgan fingerprint density at radius 3 is 2.60 bits per heavy atom. The van der Waals surface area contributed by atoms with Crippen LogP contribution in [0.4, 0.5) is 0 Å². The van der Waals surface area contributed by atoms with Crippen molar-refractivity contribution < 1.29 is 9.53 Å². The second kappa shape index (κ2) is 6.78. The highest BCUT2D eigenvalue weighted by Gasteiger charge is 2.27. The average Bonchev–Trinajstić information content (AvgIpc) is 2.45. The van der Waals surface area contributed by atoms with Gasteiger partial charge in [0.25, 0.3) is 0 Å². The molecule has 1 aliphatic rings. The predicted molar refractivity (Wildman–Crippen MR) is 80.8 cm³/mol. The summed E-state index contributed by atoms with van der Waals surface area (Å²) in [5.41, 5.74) is 1.03. The first-order valence-electron chi connectivity index (χ1n) is 7.52. The summed E-state index contributed by atoms with van der Waals surface area (Å²) < 4.78 is 5.12. The van der Waals surface area contributed by atoms with Gasteiger partial charge in [0.1, 0.15) is 5.75 Å². The summed E-state index contributed by atoms with van der Waals surface area (Å²) in [5.74, 6) is 2.23. The van der Waals surface area contributed by atoms with Crippen molar-refractivity contribution in [2.24, 2.45) is 11.8 Å². The van der Waals surface area contributed by atoms with Crippen LogP contribution in [0.15, 0.2) is 24.3 Å². The van der Waals surface area contributed by atoms with E-state index in [0.717, 1.165) is 17.7 Å². The van der Waals surface area contributed by atoms with Gasteiger partial charge in [0.05, 0.1) is 13.5 Å². The lowest BCUT2D eigenvalue weighted by Gasteiger charge is -2.34. The minimum absolute atomic E-state index is 0.126. The molecule has 1 aromatic carbocycles. The molecule has 20 heavy (non-hydrogen) atoms. The van der Waals surface area contributed by atoms with Gasteiger partial charge < -0.3 is 10.1 Å². The summed E-state index contributed by atoms with van der Waals surface area (Å²) in [7, 11) is 1.65. The number of carbonyl (C=O) groups excluding carboxylic acids is 1. The lowest BCUT2D eigenvalue weighted by atomic mass is 9.78. The van der Waals surface area contributed by atoms with Crippen LogP contribution in [-0.2, 0) is 11.2 Å². The maximum atomic E-state index is 12.1. The van der Waals surface area contributed by atoms with Gasteiger partial charge in [-0.2, -0.15) is 0 Å². The standard InChI is InChI=1S/C17H25NO2/c1-12-5-4-6-16(13(12)2)18-17(19)11-14-7-9-15(20-3)10-8-14/h7-10,12-13,16H,4-6,11H2,1-3H3,(H,18,19)/t12-,13+,16-/m0/s1. The van der Waals surface area contributed by atoms with Crippen molar-refractivity contribution >= 4 is 5.91 Å². The number of ether oxygens (including phenoxy) is 1. The van der Waals surface area contributed by atoms with Gasteiger partial charge in [-0.15, -0.1) is 0 Å². The van der Waals surface area contributed by atoms with Crippen LogP contribution in [0.2, 0.25) is 0 Å². The molecule has 3 heteroatoms. The topological polar surface area (TPSA) is 38.3 Å². The van der Waals surface area contributed by atoms with E-state index in [4.69, 9.17) is 4.74 Å². The van der Waals surface area contributed by atoms with Crippen molar-refractivity contribution in [3.05, 3.63) is 29.8 Å². The van der Waals surface area contributed by atoms with Crippen LogP contribution in [0.5, 0.6) is 5.75 Å². The maximum Gasteiger partial charge on any atom is 0.224 e. The van der Waals surface area contributed by atoms with Crippen molar-refractivity contribution in [1.29, 1.82) is 0 Å². The molecule has 0 heterocycles. The molecule has 0 unspecified atom stereocenters. The third-order valence-corrected chi connectivity index (χ3v) is 4.58. The van der Waals surface area contributed by atoms with E-state index >= 15 is 0 Å². The molecule has 1 aliphatic carbocycles. The Morgan fingerprint density at radius 1 is 1.25 bits per heavy atom. The first-order chi connectivity index (χ1) is 9.60. The predicted octanol–water partition coefficient (Wildman–Crippen LogP) is 3.18. The molecule has 0 aliphatic heterocycles. The van der Waals surface area contributed by atoms with E-state index < -0.39 is 0 Å². The number of methoxy groups -OCH3 is 1. The van der Waals surface area contributed by atoms with Gasteiger partial charge in [-0.25, -0.2) is 0 Å². The summed E-state index contributed by atoms with van der Waals surface area (Å²) in [5, 5.41) is 3.21. The average molecular weight is 275 g/mol. The molecular formula is C17H25NO2. The Hall–Kier alpha value is -1.51. The second-order valence-electron chi connectivity index (χ2n) is 5.97. The van der Waals surface area contributed by atoms with E-state index in [9.17, 15) is 4.79 Å². The fourth-order valence-electron chi connectivity index (χ4n) is 2.97. The molecule has 0 saturated heterocycles. The van der Waals surface area contributed by atoms with Crippen LogP contribution >= 0.6 is 0 Å². The summed E-state index contributed by atoms with van der Waals surface area (Å²) in [4.78, 5) is 12.1. The van der Waals surface area contributed by atoms with Crippen molar-refractivity contribution in [2.75, 3.05) is 7.11 Å². The van der Waals surface area contributed by atoms with Crippen molar-refractivity contribution in [3.63, 3.8) is 0 Å². The smallest absolute Gasteiger partial charge is 0.224 e. The van der Waals surface area contributed by atoms with E-state index in [1.807, 2.05) is 24.3 Å². The van der Waals surface area contributed by atoms with Crippen molar-refractivity contribution in [3.8, 4) is 5.75 Å². The van der Waals surface area contributed by atoms with E-state index in [1.165, 1.54) is 12.8 Å². The molecule has 1 amide bonds. The van der Waals surface area contributed by atoms with Gasteiger partial charge in [0.2, 0.25) is 5.91 Å². The monoisotopic (exact) mass is 275 g/mol. The Labute approximate surface area is 121 Å². The van der Waals surface area contributed by atoms with Crippen LogP contribution < -0.4 is 10.1 Å². The van der Waals surface area contributed by atoms with E-state index in [0.29, 0.717) is 24.3 Å². The fraction of sp³-hybridized carbons (Fsp3) is 0.588. The highest BCUT2D eigenvalue weighted by Crippen LogP contribution is 2.29. The molecule has 0 aromatic heterocycles. The molecule has 3 atom stereocenters. The highest BCUT2D eigenvalue weighted by molar-refractivity contribution is 5.78. The lowest BCUT2D eigenvalue weighted by Crippen LogP contribution is -2.44. The number of hydrogen-bond donors (Lipinski definition) is 1. The van der Waals surface area contributed by atoms with Crippen LogP contribution in [0.25, 0.3) is 0 Å². The zero-order valence-corrected chi connectivity index (χ0v) is 12.7. The summed E-state index contributed by atoms with van der Waals surface area (Å²) in [6.07, 6.45) is 4.06. The summed E-state index contributed by atoms with van der Waals surface area (Å²) in [6.45, 7) is 4.54. The molecule has 1 saturated carbocycles. The molecule has 1 aromatic rings. The third-order valence-electron chi connectivity index (χ3n) is 4.58. The van der Waals surface area contributed by atoms with Crippen LogP contribution in [-0.4, -0.2) is 19.1 Å². The van der Waals surface area contributed by atoms with Gasteiger partial charge in [-0.1, -0.05) is 38.8 Å². The number of rotatable bonds is 4. The number of benzene rings is 1. The van der Waals surface area contributed by atoms with Crippen LogP contribution in [0, 0.1) is 11.8 Å². The molecule has 0 bridgehead atoms. The quantitative estimate of drug-likeness (QED) is 0.916. The fourth-order valence-corrected chi connectivity index (χ4v) is 2.97. The molecule has 3 nitrogen and oxygen atoms in total. The number of amides is 1.